The first-order valence-corrected chi connectivity index (χ1v) is 11.4. The smallest absolute Gasteiger partial charge is 0.349 e. The molecule has 0 radical (unpaired) electrons. The van der Waals surface area contributed by atoms with Gasteiger partial charge in [-0.3, -0.25) is 0 Å². The van der Waals surface area contributed by atoms with Crippen LogP contribution < -0.4 is 9.16 Å². The van der Waals surface area contributed by atoms with Crippen molar-refractivity contribution in [3.63, 3.8) is 0 Å². The van der Waals surface area contributed by atoms with Crippen LogP contribution in [0.5, 0.6) is 11.5 Å². The summed E-state index contributed by atoms with van der Waals surface area (Å²) in [4.78, 5) is 11.9. The van der Waals surface area contributed by atoms with Crippen molar-refractivity contribution in [2.24, 2.45) is 0 Å². The van der Waals surface area contributed by atoms with Crippen molar-refractivity contribution in [2.75, 3.05) is 7.11 Å². The molecule has 0 saturated heterocycles. The first-order valence-electron chi connectivity index (χ1n) is 7.21. The van der Waals surface area contributed by atoms with E-state index in [2.05, 4.69) is 4.74 Å². The Kier molecular flexibility index (Phi) is 6.36. The molecule has 1 aromatic carbocycles. The Morgan fingerprint density at radius 2 is 1.48 bits per heavy atom. The summed E-state index contributed by atoms with van der Waals surface area (Å²) in [6.45, 7) is 8.59. The standard InChI is InChI=1S/C16H18Cl2N2O4Si/c1-16(2,15(21)22-3)23-13-9(7-19)10(8-20)14(12(18)11(13)17)24-25(4,5)6/h1-6H3. The summed E-state index contributed by atoms with van der Waals surface area (Å²) < 4.78 is 16.1. The number of hydrogen-bond donors (Lipinski definition) is 0. The SMILES string of the molecule is COC(=O)C(C)(C)Oc1c(Cl)c(Cl)c(O[Si](C)(C)C)c(C#N)c1C#N. The second-order valence-corrected chi connectivity index (χ2v) is 11.8. The first kappa shape index (κ1) is 21.1. The highest BCUT2D eigenvalue weighted by molar-refractivity contribution is 6.70. The van der Waals surface area contributed by atoms with Gasteiger partial charge >= 0.3 is 5.97 Å². The molecule has 0 heterocycles. The third kappa shape index (κ3) is 4.58. The highest BCUT2D eigenvalue weighted by atomic mass is 35.5. The van der Waals surface area contributed by atoms with Crippen LogP contribution in [0.2, 0.25) is 29.7 Å². The average molecular weight is 401 g/mol. The zero-order valence-electron chi connectivity index (χ0n) is 14.8. The van der Waals surface area contributed by atoms with Crippen LogP contribution in [0.15, 0.2) is 0 Å². The molecule has 0 bridgehead atoms. The molecule has 1 aromatic rings. The van der Waals surface area contributed by atoms with Crippen molar-refractivity contribution in [2.45, 2.75) is 39.1 Å². The van der Waals surface area contributed by atoms with E-state index in [1.165, 1.54) is 21.0 Å². The van der Waals surface area contributed by atoms with Gasteiger partial charge in [-0.15, -0.1) is 0 Å². The molecule has 0 fully saturated rings. The topological polar surface area (TPSA) is 92.3 Å². The molecule has 1 rings (SSSR count). The number of carbonyl (C=O) groups excluding carboxylic acids is 1. The molecule has 0 amide bonds. The van der Waals surface area contributed by atoms with Crippen LogP contribution in [0.3, 0.4) is 0 Å². The predicted octanol–water partition coefficient (Wildman–Crippen LogP) is 4.28. The van der Waals surface area contributed by atoms with Gasteiger partial charge in [0.05, 0.1) is 7.11 Å². The van der Waals surface area contributed by atoms with Gasteiger partial charge in [0.25, 0.3) is 0 Å². The Balaban J connectivity index is 3.69. The molecular weight excluding hydrogens is 383 g/mol. The zero-order valence-corrected chi connectivity index (χ0v) is 17.3. The molecule has 25 heavy (non-hydrogen) atoms. The van der Waals surface area contributed by atoms with E-state index in [9.17, 15) is 15.3 Å². The number of carbonyl (C=O) groups is 1. The summed E-state index contributed by atoms with van der Waals surface area (Å²) in [6.07, 6.45) is 0. The summed E-state index contributed by atoms with van der Waals surface area (Å²) in [6, 6.07) is 3.79. The van der Waals surface area contributed by atoms with Crippen molar-refractivity contribution < 1.29 is 18.7 Å². The molecule has 0 N–H and O–H groups in total. The van der Waals surface area contributed by atoms with Crippen molar-refractivity contribution in [1.82, 2.24) is 0 Å². The minimum absolute atomic E-state index is 0.0460. The number of ether oxygens (including phenoxy) is 2. The van der Waals surface area contributed by atoms with Gasteiger partial charge in [0, 0.05) is 0 Å². The number of esters is 1. The van der Waals surface area contributed by atoms with Crippen molar-refractivity contribution in [3.8, 4) is 23.6 Å². The Morgan fingerprint density at radius 1 is 1.04 bits per heavy atom. The predicted molar refractivity (Wildman–Crippen MR) is 96.6 cm³/mol. The van der Waals surface area contributed by atoms with E-state index in [4.69, 9.17) is 32.4 Å². The number of nitrogens with zero attached hydrogens (tertiary/aromatic N) is 2. The minimum atomic E-state index is -2.14. The van der Waals surface area contributed by atoms with E-state index in [-0.39, 0.29) is 32.7 Å². The summed E-state index contributed by atoms with van der Waals surface area (Å²) in [5.41, 5.74) is -1.68. The summed E-state index contributed by atoms with van der Waals surface area (Å²) >= 11 is 12.5. The minimum Gasteiger partial charge on any atom is -0.542 e. The summed E-state index contributed by atoms with van der Waals surface area (Å²) in [5, 5.41) is 18.9. The molecule has 0 aliphatic carbocycles. The van der Waals surface area contributed by atoms with Crippen LogP contribution in [0.1, 0.15) is 25.0 Å². The van der Waals surface area contributed by atoms with Crippen molar-refractivity contribution in [3.05, 3.63) is 21.2 Å². The average Bonchev–Trinajstić information content (AvgIpc) is 2.52. The van der Waals surface area contributed by atoms with Gasteiger partial charge in [0.2, 0.25) is 8.32 Å². The van der Waals surface area contributed by atoms with Crippen molar-refractivity contribution >= 4 is 37.5 Å². The quantitative estimate of drug-likeness (QED) is 0.540. The molecule has 0 unspecified atom stereocenters. The van der Waals surface area contributed by atoms with E-state index in [0.29, 0.717) is 0 Å². The number of nitriles is 2. The second kappa shape index (κ2) is 7.53. The first-order chi connectivity index (χ1) is 11.4. The maximum atomic E-state index is 11.9. The van der Waals surface area contributed by atoms with Gasteiger partial charge in [-0.05, 0) is 33.5 Å². The number of hydrogen-bond acceptors (Lipinski definition) is 6. The largest absolute Gasteiger partial charge is 0.542 e. The zero-order chi connectivity index (χ0) is 19.6. The van der Waals surface area contributed by atoms with Crippen LogP contribution in [0.25, 0.3) is 0 Å². The number of halogens is 2. The van der Waals surface area contributed by atoms with E-state index >= 15 is 0 Å². The van der Waals surface area contributed by atoms with Gasteiger partial charge in [0.15, 0.2) is 11.4 Å². The van der Waals surface area contributed by atoms with Crippen LogP contribution in [-0.2, 0) is 9.53 Å². The molecule has 0 saturated carbocycles. The summed E-state index contributed by atoms with van der Waals surface area (Å²) in [5.74, 6) is -0.790. The highest BCUT2D eigenvalue weighted by Gasteiger charge is 2.36. The van der Waals surface area contributed by atoms with Crippen LogP contribution in [0.4, 0.5) is 0 Å². The van der Waals surface area contributed by atoms with E-state index in [0.717, 1.165) is 0 Å². The molecule has 0 atom stereocenters. The van der Waals surface area contributed by atoms with E-state index in [1.54, 1.807) is 0 Å². The van der Waals surface area contributed by atoms with E-state index in [1.807, 2.05) is 31.8 Å². The summed E-state index contributed by atoms with van der Waals surface area (Å²) in [7, 11) is -0.935. The lowest BCUT2D eigenvalue weighted by Gasteiger charge is -2.27. The fourth-order valence-corrected chi connectivity index (χ4v) is 3.22. The van der Waals surface area contributed by atoms with Crippen LogP contribution in [0, 0.1) is 22.7 Å². The Hall–Kier alpha value is -1.93. The van der Waals surface area contributed by atoms with Gasteiger partial charge in [-0.2, -0.15) is 10.5 Å². The van der Waals surface area contributed by atoms with Gasteiger partial charge in [-0.25, -0.2) is 4.79 Å². The molecular formula is C16H18Cl2N2O4Si. The second-order valence-electron chi connectivity index (χ2n) is 6.58. The van der Waals surface area contributed by atoms with Gasteiger partial charge in [-0.1, -0.05) is 23.2 Å². The third-order valence-electron chi connectivity index (χ3n) is 2.96. The molecule has 0 spiro atoms. The maximum absolute atomic E-state index is 11.9. The van der Waals surface area contributed by atoms with E-state index < -0.39 is 19.9 Å². The number of benzene rings is 1. The Bertz CT molecular complexity index is 790. The Morgan fingerprint density at radius 3 is 1.88 bits per heavy atom. The normalized spacial score (nSPS) is 11.3. The lowest BCUT2D eigenvalue weighted by Crippen LogP contribution is -2.39. The van der Waals surface area contributed by atoms with Crippen molar-refractivity contribution in [1.29, 1.82) is 10.5 Å². The van der Waals surface area contributed by atoms with Crippen LogP contribution >= 0.6 is 23.2 Å². The molecule has 6 nitrogen and oxygen atoms in total. The molecule has 0 aromatic heterocycles. The number of rotatable bonds is 5. The third-order valence-corrected chi connectivity index (χ3v) is 4.60. The fourth-order valence-electron chi connectivity index (χ4n) is 1.90. The van der Waals surface area contributed by atoms with Gasteiger partial charge < -0.3 is 13.9 Å². The monoisotopic (exact) mass is 400 g/mol. The lowest BCUT2D eigenvalue weighted by atomic mass is 10.1. The fraction of sp³-hybridized carbons (Fsp3) is 0.438. The molecule has 0 aliphatic heterocycles. The Labute approximate surface area is 157 Å². The number of methoxy groups -OCH3 is 1. The molecule has 0 aliphatic rings. The maximum Gasteiger partial charge on any atom is 0.349 e. The highest BCUT2D eigenvalue weighted by Crippen LogP contribution is 2.46. The lowest BCUT2D eigenvalue weighted by molar-refractivity contribution is -0.156. The van der Waals surface area contributed by atoms with Crippen LogP contribution in [-0.4, -0.2) is 27.0 Å². The molecule has 134 valence electrons. The van der Waals surface area contributed by atoms with Gasteiger partial charge in [0.1, 0.15) is 39.1 Å². The molecule has 9 heteroatoms.